The standard InChI is InChI=1S/C14H19NO4S/c1-2-3-11-9-13(11)15-20(18,19)12-6-4-10(5-7-12)8-14(16)17/h4-7,11,13,15H,2-3,8-9H2,1H3,(H,16,17). The fourth-order valence-corrected chi connectivity index (χ4v) is 3.63. The molecule has 110 valence electrons. The molecule has 0 saturated heterocycles. The van der Waals surface area contributed by atoms with E-state index in [2.05, 4.69) is 11.6 Å². The van der Waals surface area contributed by atoms with Crippen molar-refractivity contribution < 1.29 is 18.3 Å². The van der Waals surface area contributed by atoms with Gasteiger partial charge in [0, 0.05) is 6.04 Å². The van der Waals surface area contributed by atoms with Gasteiger partial charge in [-0.15, -0.1) is 0 Å². The molecule has 1 saturated carbocycles. The van der Waals surface area contributed by atoms with Gasteiger partial charge in [-0.1, -0.05) is 25.5 Å². The highest BCUT2D eigenvalue weighted by molar-refractivity contribution is 7.89. The lowest BCUT2D eigenvalue weighted by atomic mass is 10.2. The summed E-state index contributed by atoms with van der Waals surface area (Å²) in [6.07, 6.45) is 2.91. The molecule has 2 unspecified atom stereocenters. The zero-order valence-corrected chi connectivity index (χ0v) is 12.2. The first-order chi connectivity index (χ1) is 9.42. The van der Waals surface area contributed by atoms with Crippen molar-refractivity contribution in [3.63, 3.8) is 0 Å². The molecular formula is C14H19NO4S. The Kier molecular flexibility index (Phi) is 4.45. The lowest BCUT2D eigenvalue weighted by molar-refractivity contribution is -0.136. The van der Waals surface area contributed by atoms with E-state index < -0.39 is 16.0 Å². The number of hydrogen-bond acceptors (Lipinski definition) is 3. The Bertz CT molecular complexity index is 580. The fourth-order valence-electron chi connectivity index (χ4n) is 2.31. The first-order valence-corrected chi connectivity index (χ1v) is 8.23. The van der Waals surface area contributed by atoms with Crippen molar-refractivity contribution in [2.45, 2.75) is 43.5 Å². The van der Waals surface area contributed by atoms with E-state index in [1.807, 2.05) is 0 Å². The lowest BCUT2D eigenvalue weighted by Crippen LogP contribution is -2.27. The molecule has 0 radical (unpaired) electrons. The van der Waals surface area contributed by atoms with Crippen molar-refractivity contribution in [3.8, 4) is 0 Å². The molecule has 1 aromatic rings. The SMILES string of the molecule is CCCC1CC1NS(=O)(=O)c1ccc(CC(=O)O)cc1. The molecule has 2 atom stereocenters. The van der Waals surface area contributed by atoms with Gasteiger partial charge < -0.3 is 5.11 Å². The Morgan fingerprint density at radius 2 is 2.00 bits per heavy atom. The van der Waals surface area contributed by atoms with Crippen molar-refractivity contribution in [1.82, 2.24) is 4.72 Å². The van der Waals surface area contributed by atoms with E-state index in [1.165, 1.54) is 12.1 Å². The van der Waals surface area contributed by atoms with Gasteiger partial charge in [-0.05, 0) is 36.5 Å². The predicted octanol–water partition coefficient (Wildman–Crippen LogP) is 1.78. The second kappa shape index (κ2) is 5.93. The number of nitrogens with one attached hydrogen (secondary N) is 1. The van der Waals surface area contributed by atoms with Crippen LogP contribution in [0, 0.1) is 5.92 Å². The summed E-state index contributed by atoms with van der Waals surface area (Å²) < 4.78 is 27.0. The first kappa shape index (κ1) is 15.0. The average molecular weight is 297 g/mol. The Morgan fingerprint density at radius 3 is 2.55 bits per heavy atom. The molecule has 2 N–H and O–H groups in total. The monoisotopic (exact) mass is 297 g/mol. The van der Waals surface area contributed by atoms with Gasteiger partial charge in [0.2, 0.25) is 10.0 Å². The topological polar surface area (TPSA) is 83.5 Å². The van der Waals surface area contributed by atoms with Crippen molar-refractivity contribution in [3.05, 3.63) is 29.8 Å². The number of rotatable bonds is 7. The third-order valence-electron chi connectivity index (χ3n) is 3.48. The van der Waals surface area contributed by atoms with Crippen LogP contribution in [-0.4, -0.2) is 25.5 Å². The van der Waals surface area contributed by atoms with Gasteiger partial charge in [-0.25, -0.2) is 13.1 Å². The van der Waals surface area contributed by atoms with Crippen LogP contribution in [0.25, 0.3) is 0 Å². The van der Waals surface area contributed by atoms with Gasteiger partial charge in [0.25, 0.3) is 0 Å². The molecule has 1 aromatic carbocycles. The number of benzene rings is 1. The second-order valence-electron chi connectivity index (χ2n) is 5.23. The Balaban J connectivity index is 2.01. The van der Waals surface area contributed by atoms with Gasteiger partial charge in [0.1, 0.15) is 0 Å². The summed E-state index contributed by atoms with van der Waals surface area (Å²) in [5, 5.41) is 8.67. The van der Waals surface area contributed by atoms with E-state index in [0.717, 1.165) is 19.3 Å². The highest BCUT2D eigenvalue weighted by Gasteiger charge is 2.39. The molecule has 0 bridgehead atoms. The van der Waals surface area contributed by atoms with Gasteiger partial charge in [0.15, 0.2) is 0 Å². The minimum atomic E-state index is -3.49. The van der Waals surface area contributed by atoms with Gasteiger partial charge >= 0.3 is 5.97 Å². The summed E-state index contributed by atoms with van der Waals surface area (Å²) in [6, 6.07) is 6.05. The number of carboxylic acids is 1. The number of carbonyl (C=O) groups is 1. The molecule has 1 aliphatic carbocycles. The van der Waals surface area contributed by atoms with E-state index in [9.17, 15) is 13.2 Å². The van der Waals surface area contributed by atoms with Crippen molar-refractivity contribution in [2.75, 3.05) is 0 Å². The smallest absolute Gasteiger partial charge is 0.307 e. The van der Waals surface area contributed by atoms with E-state index in [1.54, 1.807) is 12.1 Å². The average Bonchev–Trinajstić information content (AvgIpc) is 3.06. The molecule has 0 aromatic heterocycles. The molecule has 5 nitrogen and oxygen atoms in total. The molecule has 6 heteroatoms. The number of sulfonamides is 1. The van der Waals surface area contributed by atoms with Crippen LogP contribution in [0.2, 0.25) is 0 Å². The molecule has 0 aliphatic heterocycles. The summed E-state index contributed by atoms with van der Waals surface area (Å²) >= 11 is 0. The van der Waals surface area contributed by atoms with Gasteiger partial charge in [-0.2, -0.15) is 0 Å². The number of hydrogen-bond donors (Lipinski definition) is 2. The zero-order chi connectivity index (χ0) is 14.8. The maximum atomic E-state index is 12.1. The molecule has 0 amide bonds. The Hall–Kier alpha value is -1.40. The minimum absolute atomic E-state index is 0.0543. The summed E-state index contributed by atoms with van der Waals surface area (Å²) in [7, 11) is -3.49. The number of carboxylic acid groups (broad SMARTS) is 1. The van der Waals surface area contributed by atoms with Crippen LogP contribution in [0.1, 0.15) is 31.7 Å². The van der Waals surface area contributed by atoms with Crippen LogP contribution in [0.15, 0.2) is 29.2 Å². The first-order valence-electron chi connectivity index (χ1n) is 6.75. The van der Waals surface area contributed by atoms with E-state index >= 15 is 0 Å². The van der Waals surface area contributed by atoms with Crippen LogP contribution in [0.4, 0.5) is 0 Å². The Morgan fingerprint density at radius 1 is 1.35 bits per heavy atom. The quantitative estimate of drug-likeness (QED) is 0.803. The van der Waals surface area contributed by atoms with Crippen molar-refractivity contribution in [2.24, 2.45) is 5.92 Å². The van der Waals surface area contributed by atoms with Gasteiger partial charge in [-0.3, -0.25) is 4.79 Å². The second-order valence-corrected chi connectivity index (χ2v) is 6.94. The third kappa shape index (κ3) is 3.80. The van der Waals surface area contributed by atoms with Crippen LogP contribution in [-0.2, 0) is 21.2 Å². The maximum absolute atomic E-state index is 12.1. The van der Waals surface area contributed by atoms with Crippen LogP contribution in [0.5, 0.6) is 0 Å². The fraction of sp³-hybridized carbons (Fsp3) is 0.500. The van der Waals surface area contributed by atoms with Gasteiger partial charge in [0.05, 0.1) is 11.3 Å². The van der Waals surface area contributed by atoms with E-state index in [-0.39, 0.29) is 17.4 Å². The van der Waals surface area contributed by atoms with Crippen molar-refractivity contribution in [1.29, 1.82) is 0 Å². The van der Waals surface area contributed by atoms with E-state index in [4.69, 9.17) is 5.11 Å². The normalized spacial score (nSPS) is 21.6. The van der Waals surface area contributed by atoms with Crippen LogP contribution in [0.3, 0.4) is 0 Å². The minimum Gasteiger partial charge on any atom is -0.481 e. The summed E-state index contributed by atoms with van der Waals surface area (Å²) in [5.74, 6) is -0.472. The zero-order valence-electron chi connectivity index (χ0n) is 11.4. The molecule has 0 heterocycles. The highest BCUT2D eigenvalue weighted by atomic mass is 32.2. The van der Waals surface area contributed by atoms with Crippen molar-refractivity contribution >= 4 is 16.0 Å². The maximum Gasteiger partial charge on any atom is 0.307 e. The predicted molar refractivity (Wildman–Crippen MR) is 74.9 cm³/mol. The molecule has 2 rings (SSSR count). The summed E-state index contributed by atoms with van der Waals surface area (Å²) in [4.78, 5) is 10.8. The molecule has 0 spiro atoms. The molecule has 20 heavy (non-hydrogen) atoms. The van der Waals surface area contributed by atoms with E-state index in [0.29, 0.717) is 11.5 Å². The highest BCUT2D eigenvalue weighted by Crippen LogP contribution is 2.35. The third-order valence-corrected chi connectivity index (χ3v) is 4.98. The largest absolute Gasteiger partial charge is 0.481 e. The molecule has 1 aliphatic rings. The Labute approximate surface area is 119 Å². The summed E-state index contributed by atoms with van der Waals surface area (Å²) in [6.45, 7) is 2.09. The summed E-state index contributed by atoms with van der Waals surface area (Å²) in [5.41, 5.74) is 0.590. The molecular weight excluding hydrogens is 278 g/mol. The van der Waals surface area contributed by atoms with Crippen LogP contribution >= 0.6 is 0 Å². The number of aliphatic carboxylic acids is 1. The lowest BCUT2D eigenvalue weighted by Gasteiger charge is -2.07. The van der Waals surface area contributed by atoms with Crippen LogP contribution < -0.4 is 4.72 Å². The molecule has 1 fully saturated rings.